The van der Waals surface area contributed by atoms with E-state index in [0.29, 0.717) is 16.0 Å². The molecule has 0 saturated carbocycles. The summed E-state index contributed by atoms with van der Waals surface area (Å²) in [6, 6.07) is 16.4. The molecule has 3 aromatic rings. The normalized spacial score (nSPS) is 15.6. The van der Waals surface area contributed by atoms with Crippen molar-refractivity contribution in [1.82, 2.24) is 19.7 Å². The SMILES string of the molecule is Cc1nc(SCCCN2CCC(c3ccccc3)CC2)nn1-c1ccc(Cl)c(Cl)c1. The molecule has 0 unspecified atom stereocenters. The van der Waals surface area contributed by atoms with Crippen molar-refractivity contribution >= 4 is 35.0 Å². The molecule has 1 saturated heterocycles. The van der Waals surface area contributed by atoms with E-state index in [2.05, 4.69) is 45.3 Å². The van der Waals surface area contributed by atoms with Gasteiger partial charge in [-0.2, -0.15) is 0 Å². The molecule has 0 spiro atoms. The summed E-state index contributed by atoms with van der Waals surface area (Å²) in [5.41, 5.74) is 2.37. The summed E-state index contributed by atoms with van der Waals surface area (Å²) in [6.45, 7) is 5.47. The summed E-state index contributed by atoms with van der Waals surface area (Å²) in [4.78, 5) is 7.18. The first kappa shape index (κ1) is 21.7. The third-order valence-corrected chi connectivity index (χ3v) is 7.27. The molecule has 4 rings (SSSR count). The highest BCUT2D eigenvalue weighted by atomic mass is 35.5. The molecule has 4 nitrogen and oxygen atoms in total. The fourth-order valence-corrected chi connectivity index (χ4v) is 5.04. The highest BCUT2D eigenvalue weighted by molar-refractivity contribution is 7.99. The van der Waals surface area contributed by atoms with Gasteiger partial charge in [0.1, 0.15) is 5.82 Å². The fraction of sp³-hybridized carbons (Fsp3) is 0.391. The van der Waals surface area contributed by atoms with Gasteiger partial charge in [-0.25, -0.2) is 9.67 Å². The van der Waals surface area contributed by atoms with E-state index in [9.17, 15) is 0 Å². The number of nitrogens with zero attached hydrogens (tertiary/aromatic N) is 4. The van der Waals surface area contributed by atoms with E-state index in [0.717, 1.165) is 35.4 Å². The van der Waals surface area contributed by atoms with Crippen LogP contribution in [0.4, 0.5) is 0 Å². The number of thioether (sulfide) groups is 1. The van der Waals surface area contributed by atoms with Crippen molar-refractivity contribution in [2.24, 2.45) is 0 Å². The number of likely N-dealkylation sites (tertiary alicyclic amines) is 1. The average molecular weight is 461 g/mol. The van der Waals surface area contributed by atoms with Gasteiger partial charge >= 0.3 is 0 Å². The quantitative estimate of drug-likeness (QED) is 0.308. The highest BCUT2D eigenvalue weighted by Gasteiger charge is 2.20. The Labute approximate surface area is 192 Å². The minimum atomic E-state index is 0.523. The van der Waals surface area contributed by atoms with Gasteiger partial charge in [0.2, 0.25) is 5.16 Å². The molecule has 7 heteroatoms. The van der Waals surface area contributed by atoms with Crippen LogP contribution in [0.2, 0.25) is 10.0 Å². The standard InChI is InChI=1S/C23H26Cl2N4S/c1-17-26-23(27-29(17)20-8-9-21(24)22(25)16-20)30-15-5-12-28-13-10-19(11-14-28)18-6-3-2-4-7-18/h2-4,6-9,16,19H,5,10-15H2,1H3. The van der Waals surface area contributed by atoms with Crippen LogP contribution in [0.5, 0.6) is 0 Å². The van der Waals surface area contributed by atoms with Gasteiger partial charge < -0.3 is 4.90 Å². The van der Waals surface area contributed by atoms with Crippen LogP contribution in [0.25, 0.3) is 5.69 Å². The van der Waals surface area contributed by atoms with E-state index in [1.807, 2.05) is 23.7 Å². The molecule has 1 fully saturated rings. The van der Waals surface area contributed by atoms with E-state index >= 15 is 0 Å². The Bertz CT molecular complexity index is 969. The van der Waals surface area contributed by atoms with Gasteiger partial charge in [-0.05, 0) is 75.5 Å². The smallest absolute Gasteiger partial charge is 0.209 e. The average Bonchev–Trinajstić information content (AvgIpc) is 3.15. The maximum absolute atomic E-state index is 6.14. The van der Waals surface area contributed by atoms with Crippen LogP contribution in [0, 0.1) is 6.92 Å². The number of rotatable bonds is 7. The summed E-state index contributed by atoms with van der Waals surface area (Å²) < 4.78 is 1.82. The maximum atomic E-state index is 6.14. The Kier molecular flexibility index (Phi) is 7.37. The van der Waals surface area contributed by atoms with Crippen LogP contribution in [0.15, 0.2) is 53.7 Å². The number of piperidine rings is 1. The van der Waals surface area contributed by atoms with Gasteiger partial charge in [0.15, 0.2) is 0 Å². The summed E-state index contributed by atoms with van der Waals surface area (Å²) in [6.07, 6.45) is 3.65. The molecule has 158 valence electrons. The monoisotopic (exact) mass is 460 g/mol. The van der Waals surface area contributed by atoms with Crippen molar-refractivity contribution in [2.45, 2.75) is 37.3 Å². The fourth-order valence-electron chi connectivity index (χ4n) is 3.96. The maximum Gasteiger partial charge on any atom is 0.209 e. The zero-order valence-electron chi connectivity index (χ0n) is 17.1. The van der Waals surface area contributed by atoms with Gasteiger partial charge in [-0.1, -0.05) is 65.3 Å². The van der Waals surface area contributed by atoms with Crippen LogP contribution in [-0.2, 0) is 0 Å². The molecule has 1 aliphatic rings. The second-order valence-corrected chi connectivity index (χ2v) is 9.56. The molecule has 1 aromatic heterocycles. The summed E-state index contributed by atoms with van der Waals surface area (Å²) in [7, 11) is 0. The molecule has 30 heavy (non-hydrogen) atoms. The van der Waals surface area contributed by atoms with Crippen LogP contribution < -0.4 is 0 Å². The molecule has 0 aliphatic carbocycles. The van der Waals surface area contributed by atoms with Crippen LogP contribution in [-0.4, -0.2) is 45.1 Å². The van der Waals surface area contributed by atoms with Crippen molar-refractivity contribution in [3.8, 4) is 5.69 Å². The largest absolute Gasteiger partial charge is 0.303 e. The minimum Gasteiger partial charge on any atom is -0.303 e. The first-order valence-electron chi connectivity index (χ1n) is 10.4. The lowest BCUT2D eigenvalue weighted by Crippen LogP contribution is -2.33. The van der Waals surface area contributed by atoms with E-state index in [1.165, 1.54) is 31.5 Å². The lowest BCUT2D eigenvalue weighted by Gasteiger charge is -2.32. The summed E-state index contributed by atoms with van der Waals surface area (Å²) in [5.74, 6) is 2.58. The summed E-state index contributed by atoms with van der Waals surface area (Å²) >= 11 is 13.9. The molecule has 2 aromatic carbocycles. The molecular weight excluding hydrogens is 435 g/mol. The van der Waals surface area contributed by atoms with E-state index in [-0.39, 0.29) is 0 Å². The first-order valence-corrected chi connectivity index (χ1v) is 12.1. The number of hydrogen-bond donors (Lipinski definition) is 0. The number of hydrogen-bond acceptors (Lipinski definition) is 4. The Morgan fingerprint density at radius 2 is 1.80 bits per heavy atom. The topological polar surface area (TPSA) is 34.0 Å². The number of aryl methyl sites for hydroxylation is 1. The Morgan fingerprint density at radius 3 is 2.53 bits per heavy atom. The lowest BCUT2D eigenvalue weighted by atomic mass is 9.89. The summed E-state index contributed by atoms with van der Waals surface area (Å²) in [5, 5.41) is 6.50. The molecule has 0 bridgehead atoms. The number of halogens is 2. The molecule has 0 amide bonds. The molecular formula is C23H26Cl2N4S. The molecule has 0 radical (unpaired) electrons. The van der Waals surface area contributed by atoms with Crippen LogP contribution in [0.3, 0.4) is 0 Å². The van der Waals surface area contributed by atoms with Crippen molar-refractivity contribution in [3.05, 3.63) is 70.0 Å². The highest BCUT2D eigenvalue weighted by Crippen LogP contribution is 2.28. The molecule has 1 aliphatic heterocycles. The van der Waals surface area contributed by atoms with Gasteiger partial charge in [-0.15, -0.1) is 5.10 Å². The first-order chi connectivity index (χ1) is 14.6. The molecule has 0 N–H and O–H groups in total. The van der Waals surface area contributed by atoms with Gasteiger partial charge in [0.25, 0.3) is 0 Å². The molecule has 0 atom stereocenters. The number of benzene rings is 2. The molecule has 2 heterocycles. The van der Waals surface area contributed by atoms with E-state index < -0.39 is 0 Å². The van der Waals surface area contributed by atoms with Crippen molar-refractivity contribution in [3.63, 3.8) is 0 Å². The minimum absolute atomic E-state index is 0.523. The van der Waals surface area contributed by atoms with Gasteiger partial charge in [-0.3, -0.25) is 0 Å². The lowest BCUT2D eigenvalue weighted by molar-refractivity contribution is 0.213. The predicted molar refractivity (Wildman–Crippen MR) is 126 cm³/mol. The van der Waals surface area contributed by atoms with Gasteiger partial charge in [0.05, 0.1) is 15.7 Å². The van der Waals surface area contributed by atoms with E-state index in [4.69, 9.17) is 23.2 Å². The Hall–Kier alpha value is -1.53. The van der Waals surface area contributed by atoms with Crippen molar-refractivity contribution in [1.29, 1.82) is 0 Å². The second-order valence-electron chi connectivity index (χ2n) is 7.68. The van der Waals surface area contributed by atoms with Crippen LogP contribution in [0.1, 0.15) is 36.6 Å². The van der Waals surface area contributed by atoms with E-state index in [1.54, 1.807) is 17.8 Å². The Morgan fingerprint density at radius 1 is 1.03 bits per heavy atom. The zero-order valence-corrected chi connectivity index (χ0v) is 19.4. The second kappa shape index (κ2) is 10.2. The predicted octanol–water partition coefficient (Wildman–Crippen LogP) is 6.24. The number of aromatic nitrogens is 3. The van der Waals surface area contributed by atoms with Crippen LogP contribution >= 0.6 is 35.0 Å². The zero-order chi connectivity index (χ0) is 20.9. The van der Waals surface area contributed by atoms with Crippen molar-refractivity contribution in [2.75, 3.05) is 25.4 Å². The third-order valence-electron chi connectivity index (χ3n) is 5.61. The van der Waals surface area contributed by atoms with Gasteiger partial charge in [0, 0.05) is 5.75 Å². The van der Waals surface area contributed by atoms with Crippen molar-refractivity contribution < 1.29 is 0 Å². The third kappa shape index (κ3) is 5.38. The Balaban J connectivity index is 1.22.